The van der Waals surface area contributed by atoms with E-state index in [2.05, 4.69) is 39.8 Å². The standard InChI is InChI=1S/C26H29N5O2/c1-17(2)11-14-27-24(32)19-5-3-6-21(15-19)30-23-10-9-20(16-22(23)18-7-8-18)25(33)31-26-28-12-4-13-29-26/h3-6,9-10,12-13,15-18,30H,7-8,11,14H2,1-2H3,(H,27,32)(H,28,29,31,33). The molecule has 7 heteroatoms. The van der Waals surface area contributed by atoms with Crippen LogP contribution < -0.4 is 16.0 Å². The van der Waals surface area contributed by atoms with Crippen LogP contribution >= 0.6 is 0 Å². The Balaban J connectivity index is 1.48. The minimum Gasteiger partial charge on any atom is -0.355 e. The smallest absolute Gasteiger partial charge is 0.258 e. The number of rotatable bonds is 9. The number of hydrogen-bond donors (Lipinski definition) is 3. The fraction of sp³-hybridized carbons (Fsp3) is 0.308. The molecule has 1 aliphatic carbocycles. The van der Waals surface area contributed by atoms with Gasteiger partial charge in [-0.05, 0) is 79.1 Å². The van der Waals surface area contributed by atoms with Crippen LogP contribution in [-0.2, 0) is 0 Å². The fourth-order valence-corrected chi connectivity index (χ4v) is 3.56. The molecule has 0 spiro atoms. The number of anilines is 3. The van der Waals surface area contributed by atoms with Crippen molar-refractivity contribution in [3.8, 4) is 0 Å². The van der Waals surface area contributed by atoms with Crippen LogP contribution in [0.1, 0.15) is 65.3 Å². The van der Waals surface area contributed by atoms with Crippen LogP contribution in [-0.4, -0.2) is 28.3 Å². The second-order valence-corrected chi connectivity index (χ2v) is 8.75. The molecule has 3 N–H and O–H groups in total. The molecule has 0 unspecified atom stereocenters. The van der Waals surface area contributed by atoms with Gasteiger partial charge in [-0.1, -0.05) is 19.9 Å². The molecule has 1 heterocycles. The summed E-state index contributed by atoms with van der Waals surface area (Å²) in [5.74, 6) is 0.938. The Morgan fingerprint density at radius 3 is 2.45 bits per heavy atom. The zero-order chi connectivity index (χ0) is 23.2. The average Bonchev–Trinajstić information content (AvgIpc) is 3.65. The van der Waals surface area contributed by atoms with Crippen LogP contribution in [0.25, 0.3) is 0 Å². The lowest BCUT2D eigenvalue weighted by molar-refractivity contribution is 0.0951. The van der Waals surface area contributed by atoms with Gasteiger partial charge >= 0.3 is 0 Å². The van der Waals surface area contributed by atoms with E-state index in [4.69, 9.17) is 0 Å². The van der Waals surface area contributed by atoms with Gasteiger partial charge in [0.1, 0.15) is 0 Å². The normalized spacial score (nSPS) is 12.9. The summed E-state index contributed by atoms with van der Waals surface area (Å²) in [4.78, 5) is 33.3. The van der Waals surface area contributed by atoms with E-state index in [-0.39, 0.29) is 17.8 Å². The van der Waals surface area contributed by atoms with Gasteiger partial charge in [0.05, 0.1) is 0 Å². The van der Waals surface area contributed by atoms with Crippen molar-refractivity contribution in [2.45, 2.75) is 39.0 Å². The van der Waals surface area contributed by atoms with E-state index in [1.165, 1.54) is 0 Å². The zero-order valence-corrected chi connectivity index (χ0v) is 19.0. The molecule has 0 radical (unpaired) electrons. The summed E-state index contributed by atoms with van der Waals surface area (Å²) in [5, 5.41) is 9.15. The number of aromatic nitrogens is 2. The van der Waals surface area contributed by atoms with Crippen LogP contribution in [0.15, 0.2) is 60.9 Å². The van der Waals surface area contributed by atoms with Crippen LogP contribution in [0.2, 0.25) is 0 Å². The fourth-order valence-electron chi connectivity index (χ4n) is 3.56. The molecule has 2 aromatic carbocycles. The first kappa shape index (κ1) is 22.5. The van der Waals surface area contributed by atoms with Gasteiger partial charge < -0.3 is 10.6 Å². The summed E-state index contributed by atoms with van der Waals surface area (Å²) in [6.45, 7) is 4.94. The predicted octanol–water partition coefficient (Wildman–Crippen LogP) is 5.13. The Bertz CT molecular complexity index is 1130. The number of carbonyl (C=O) groups excluding carboxylic acids is 2. The Morgan fingerprint density at radius 2 is 1.73 bits per heavy atom. The predicted molar refractivity (Wildman–Crippen MR) is 130 cm³/mol. The molecule has 2 amide bonds. The lowest BCUT2D eigenvalue weighted by Crippen LogP contribution is -2.25. The summed E-state index contributed by atoms with van der Waals surface area (Å²) >= 11 is 0. The highest BCUT2D eigenvalue weighted by molar-refractivity contribution is 6.03. The third-order valence-electron chi connectivity index (χ3n) is 5.53. The molecule has 3 aromatic rings. The summed E-state index contributed by atoms with van der Waals surface area (Å²) in [6.07, 6.45) is 6.32. The molecule has 0 bridgehead atoms. The monoisotopic (exact) mass is 443 g/mol. The maximum Gasteiger partial charge on any atom is 0.258 e. The highest BCUT2D eigenvalue weighted by Crippen LogP contribution is 2.44. The molecule has 4 rings (SSSR count). The van der Waals surface area contributed by atoms with Crippen molar-refractivity contribution in [1.82, 2.24) is 15.3 Å². The van der Waals surface area contributed by atoms with E-state index in [9.17, 15) is 9.59 Å². The number of amides is 2. The highest BCUT2D eigenvalue weighted by Gasteiger charge is 2.27. The van der Waals surface area contributed by atoms with Crippen molar-refractivity contribution in [2.75, 3.05) is 17.2 Å². The first-order valence-electron chi connectivity index (χ1n) is 11.4. The minimum absolute atomic E-state index is 0.0723. The summed E-state index contributed by atoms with van der Waals surface area (Å²) in [6, 6.07) is 14.8. The van der Waals surface area contributed by atoms with E-state index < -0.39 is 0 Å². The maximum absolute atomic E-state index is 12.7. The molecule has 1 aliphatic rings. The molecule has 0 saturated heterocycles. The molecule has 1 aromatic heterocycles. The molecule has 0 atom stereocenters. The number of hydrogen-bond acceptors (Lipinski definition) is 5. The Hall–Kier alpha value is -3.74. The molecule has 1 fully saturated rings. The van der Waals surface area contributed by atoms with Crippen molar-refractivity contribution >= 4 is 29.1 Å². The van der Waals surface area contributed by atoms with Gasteiger partial charge in [0, 0.05) is 41.4 Å². The van der Waals surface area contributed by atoms with Gasteiger partial charge in [-0.15, -0.1) is 0 Å². The van der Waals surface area contributed by atoms with Gasteiger partial charge in [0.25, 0.3) is 11.8 Å². The van der Waals surface area contributed by atoms with Crippen LogP contribution in [0.4, 0.5) is 17.3 Å². The summed E-state index contributed by atoms with van der Waals surface area (Å²) < 4.78 is 0. The number of nitrogens with one attached hydrogen (secondary N) is 3. The largest absolute Gasteiger partial charge is 0.355 e. The van der Waals surface area contributed by atoms with Crippen LogP contribution in [0, 0.1) is 5.92 Å². The topological polar surface area (TPSA) is 96.0 Å². The van der Waals surface area contributed by atoms with Crippen LogP contribution in [0.5, 0.6) is 0 Å². The molecular formula is C26H29N5O2. The second-order valence-electron chi connectivity index (χ2n) is 8.75. The number of benzene rings is 2. The first-order chi connectivity index (χ1) is 16.0. The highest BCUT2D eigenvalue weighted by atomic mass is 16.2. The summed E-state index contributed by atoms with van der Waals surface area (Å²) in [7, 11) is 0. The van der Waals surface area contributed by atoms with Gasteiger partial charge in [-0.25, -0.2) is 9.97 Å². The van der Waals surface area contributed by atoms with Crippen molar-refractivity contribution in [2.24, 2.45) is 5.92 Å². The van der Waals surface area contributed by atoms with E-state index in [0.717, 1.165) is 36.2 Å². The third-order valence-corrected chi connectivity index (χ3v) is 5.53. The Kier molecular flexibility index (Phi) is 6.98. The minimum atomic E-state index is -0.241. The van der Waals surface area contributed by atoms with Gasteiger partial charge in [0.15, 0.2) is 0 Å². The van der Waals surface area contributed by atoms with Gasteiger partial charge in [0.2, 0.25) is 5.95 Å². The summed E-state index contributed by atoms with van der Waals surface area (Å²) in [5.41, 5.74) is 4.07. The Morgan fingerprint density at radius 1 is 0.970 bits per heavy atom. The quantitative estimate of drug-likeness (QED) is 0.426. The van der Waals surface area contributed by atoms with E-state index in [1.54, 1.807) is 24.5 Å². The molecular weight excluding hydrogens is 414 g/mol. The zero-order valence-electron chi connectivity index (χ0n) is 19.0. The number of nitrogens with zero attached hydrogens (tertiary/aromatic N) is 2. The molecule has 33 heavy (non-hydrogen) atoms. The van der Waals surface area contributed by atoms with E-state index in [1.807, 2.05) is 36.4 Å². The van der Waals surface area contributed by atoms with Crippen molar-refractivity contribution in [3.63, 3.8) is 0 Å². The number of carbonyl (C=O) groups is 2. The Labute approximate surface area is 194 Å². The SMILES string of the molecule is CC(C)CCNC(=O)c1cccc(Nc2ccc(C(=O)Nc3ncccn3)cc2C2CC2)c1. The lowest BCUT2D eigenvalue weighted by atomic mass is 10.0. The molecule has 0 aliphatic heterocycles. The average molecular weight is 444 g/mol. The van der Waals surface area contributed by atoms with Crippen molar-refractivity contribution in [1.29, 1.82) is 0 Å². The van der Waals surface area contributed by atoms with Crippen molar-refractivity contribution in [3.05, 3.63) is 77.6 Å². The van der Waals surface area contributed by atoms with E-state index >= 15 is 0 Å². The molecule has 170 valence electrons. The van der Waals surface area contributed by atoms with Gasteiger partial charge in [-0.3, -0.25) is 14.9 Å². The second kappa shape index (κ2) is 10.3. The van der Waals surface area contributed by atoms with Gasteiger partial charge in [-0.2, -0.15) is 0 Å². The maximum atomic E-state index is 12.7. The lowest BCUT2D eigenvalue weighted by Gasteiger charge is -2.14. The van der Waals surface area contributed by atoms with Crippen LogP contribution in [0.3, 0.4) is 0 Å². The first-order valence-corrected chi connectivity index (χ1v) is 11.4. The van der Waals surface area contributed by atoms with E-state index in [0.29, 0.717) is 29.5 Å². The molecule has 7 nitrogen and oxygen atoms in total. The third kappa shape index (κ3) is 6.16. The molecule has 1 saturated carbocycles. The van der Waals surface area contributed by atoms with Crippen molar-refractivity contribution < 1.29 is 9.59 Å².